The highest BCUT2D eigenvalue weighted by atomic mass is 16.5. The molecule has 1 aromatic carbocycles. The van der Waals surface area contributed by atoms with E-state index in [0.29, 0.717) is 23.5 Å². The van der Waals surface area contributed by atoms with Gasteiger partial charge in [0.25, 0.3) is 5.91 Å². The van der Waals surface area contributed by atoms with Gasteiger partial charge in [-0.15, -0.1) is 0 Å². The van der Waals surface area contributed by atoms with Gasteiger partial charge in [-0.05, 0) is 24.3 Å². The van der Waals surface area contributed by atoms with Gasteiger partial charge in [-0.1, -0.05) is 12.1 Å². The smallest absolute Gasteiger partial charge is 0.274 e. The van der Waals surface area contributed by atoms with Crippen molar-refractivity contribution >= 4 is 17.9 Å². The SMILES string of the molecule is COc1cccc(OC)c1NC(=O)c1cccc(C=O)n1. The van der Waals surface area contributed by atoms with Gasteiger partial charge in [0, 0.05) is 0 Å². The van der Waals surface area contributed by atoms with Gasteiger partial charge in [0.2, 0.25) is 0 Å². The molecule has 0 aliphatic heterocycles. The molecule has 21 heavy (non-hydrogen) atoms. The number of para-hydroxylation sites is 1. The number of hydrogen-bond acceptors (Lipinski definition) is 5. The lowest BCUT2D eigenvalue weighted by Crippen LogP contribution is -2.15. The van der Waals surface area contributed by atoms with Crippen LogP contribution in [0.4, 0.5) is 5.69 Å². The zero-order valence-corrected chi connectivity index (χ0v) is 11.6. The maximum Gasteiger partial charge on any atom is 0.274 e. The minimum absolute atomic E-state index is 0.132. The number of benzene rings is 1. The van der Waals surface area contributed by atoms with Crippen LogP contribution in [0.1, 0.15) is 21.0 Å². The van der Waals surface area contributed by atoms with Crippen molar-refractivity contribution < 1.29 is 19.1 Å². The Morgan fingerprint density at radius 1 is 1.10 bits per heavy atom. The maximum absolute atomic E-state index is 12.2. The van der Waals surface area contributed by atoms with E-state index in [2.05, 4.69) is 10.3 Å². The fraction of sp³-hybridized carbons (Fsp3) is 0.133. The number of anilines is 1. The van der Waals surface area contributed by atoms with Crippen molar-refractivity contribution in [2.24, 2.45) is 0 Å². The highest BCUT2D eigenvalue weighted by molar-refractivity contribution is 6.05. The van der Waals surface area contributed by atoms with Crippen molar-refractivity contribution in [3.05, 3.63) is 47.8 Å². The first-order chi connectivity index (χ1) is 10.2. The van der Waals surface area contributed by atoms with Gasteiger partial charge in [0.05, 0.1) is 14.2 Å². The van der Waals surface area contributed by atoms with E-state index in [1.807, 2.05) is 0 Å². The quantitative estimate of drug-likeness (QED) is 0.852. The fourth-order valence-corrected chi connectivity index (χ4v) is 1.80. The third kappa shape index (κ3) is 3.17. The summed E-state index contributed by atoms with van der Waals surface area (Å²) in [6.45, 7) is 0. The van der Waals surface area contributed by atoms with Gasteiger partial charge in [0.1, 0.15) is 28.6 Å². The van der Waals surface area contributed by atoms with Crippen molar-refractivity contribution in [2.75, 3.05) is 19.5 Å². The average molecular weight is 286 g/mol. The first kappa shape index (κ1) is 14.5. The normalized spacial score (nSPS) is 9.81. The summed E-state index contributed by atoms with van der Waals surface area (Å²) >= 11 is 0. The summed E-state index contributed by atoms with van der Waals surface area (Å²) in [5.41, 5.74) is 0.730. The minimum atomic E-state index is -0.457. The van der Waals surface area contributed by atoms with Crippen LogP contribution in [-0.4, -0.2) is 31.4 Å². The lowest BCUT2D eigenvalue weighted by Gasteiger charge is -2.13. The van der Waals surface area contributed by atoms with Gasteiger partial charge in [-0.2, -0.15) is 0 Å². The second-order valence-corrected chi connectivity index (χ2v) is 4.06. The number of amides is 1. The van der Waals surface area contributed by atoms with Gasteiger partial charge in [-0.3, -0.25) is 9.59 Å². The Labute approximate surface area is 121 Å². The van der Waals surface area contributed by atoms with Crippen LogP contribution >= 0.6 is 0 Å². The number of methoxy groups -OCH3 is 2. The highest BCUT2D eigenvalue weighted by Crippen LogP contribution is 2.34. The van der Waals surface area contributed by atoms with Gasteiger partial charge >= 0.3 is 0 Å². The van der Waals surface area contributed by atoms with Crippen molar-refractivity contribution in [1.29, 1.82) is 0 Å². The molecule has 0 saturated carbocycles. The minimum Gasteiger partial charge on any atom is -0.494 e. The molecule has 0 atom stereocenters. The summed E-state index contributed by atoms with van der Waals surface area (Å²) in [6, 6.07) is 9.78. The molecular weight excluding hydrogens is 272 g/mol. The summed E-state index contributed by atoms with van der Waals surface area (Å²) < 4.78 is 10.4. The van der Waals surface area contributed by atoms with Gasteiger partial charge in [0.15, 0.2) is 6.29 Å². The number of pyridine rings is 1. The van der Waals surface area contributed by atoms with Gasteiger partial charge < -0.3 is 14.8 Å². The summed E-state index contributed by atoms with van der Waals surface area (Å²) in [5.74, 6) is 0.477. The number of aromatic nitrogens is 1. The molecule has 2 aromatic rings. The third-order valence-electron chi connectivity index (χ3n) is 2.79. The first-order valence-corrected chi connectivity index (χ1v) is 6.14. The zero-order valence-electron chi connectivity index (χ0n) is 11.6. The number of aldehydes is 1. The Hall–Kier alpha value is -2.89. The summed E-state index contributed by atoms with van der Waals surface area (Å²) in [5, 5.41) is 2.68. The fourth-order valence-electron chi connectivity index (χ4n) is 1.80. The highest BCUT2D eigenvalue weighted by Gasteiger charge is 2.15. The molecule has 6 nitrogen and oxygen atoms in total. The Bertz CT molecular complexity index is 648. The standard InChI is InChI=1S/C15H14N2O4/c1-20-12-7-4-8-13(21-2)14(12)17-15(19)11-6-3-5-10(9-18)16-11/h3-9H,1-2H3,(H,17,19). The van der Waals surface area contributed by atoms with E-state index in [0.717, 1.165) is 0 Å². The second kappa shape index (κ2) is 6.51. The number of carbonyl (C=O) groups is 2. The molecular formula is C15H14N2O4. The van der Waals surface area contributed by atoms with Crippen LogP contribution in [0, 0.1) is 0 Å². The Balaban J connectivity index is 2.32. The van der Waals surface area contributed by atoms with Crippen molar-refractivity contribution in [1.82, 2.24) is 4.98 Å². The number of nitrogens with zero attached hydrogens (tertiary/aromatic N) is 1. The Morgan fingerprint density at radius 2 is 1.71 bits per heavy atom. The molecule has 0 aliphatic carbocycles. The van der Waals surface area contributed by atoms with Crippen LogP contribution in [0.25, 0.3) is 0 Å². The molecule has 2 rings (SSSR count). The number of rotatable bonds is 5. The number of carbonyl (C=O) groups excluding carboxylic acids is 2. The van der Waals surface area contributed by atoms with E-state index in [1.165, 1.54) is 26.4 Å². The molecule has 6 heteroatoms. The van der Waals surface area contributed by atoms with E-state index < -0.39 is 5.91 Å². The average Bonchev–Trinajstić information content (AvgIpc) is 2.54. The van der Waals surface area contributed by atoms with Crippen molar-refractivity contribution in [3.63, 3.8) is 0 Å². The molecule has 0 fully saturated rings. The monoisotopic (exact) mass is 286 g/mol. The van der Waals surface area contributed by atoms with E-state index >= 15 is 0 Å². The molecule has 1 amide bonds. The van der Waals surface area contributed by atoms with Crippen LogP contribution in [0.2, 0.25) is 0 Å². The molecule has 108 valence electrons. The molecule has 0 spiro atoms. The molecule has 1 aromatic heterocycles. The molecule has 1 heterocycles. The topological polar surface area (TPSA) is 77.5 Å². The summed E-state index contributed by atoms with van der Waals surface area (Å²) in [4.78, 5) is 26.9. The largest absolute Gasteiger partial charge is 0.494 e. The number of nitrogens with one attached hydrogen (secondary N) is 1. The van der Waals surface area contributed by atoms with Crippen LogP contribution < -0.4 is 14.8 Å². The molecule has 0 saturated heterocycles. The maximum atomic E-state index is 12.2. The predicted molar refractivity (Wildman–Crippen MR) is 77.1 cm³/mol. The molecule has 0 bridgehead atoms. The van der Waals surface area contributed by atoms with Gasteiger partial charge in [-0.25, -0.2) is 4.98 Å². The first-order valence-electron chi connectivity index (χ1n) is 6.14. The Kier molecular flexibility index (Phi) is 4.50. The van der Waals surface area contributed by atoms with E-state index in [1.54, 1.807) is 24.3 Å². The molecule has 0 aliphatic rings. The van der Waals surface area contributed by atoms with Crippen molar-refractivity contribution in [3.8, 4) is 11.5 Å². The summed E-state index contributed by atoms with van der Waals surface area (Å²) in [7, 11) is 2.99. The van der Waals surface area contributed by atoms with Crippen molar-refractivity contribution in [2.45, 2.75) is 0 Å². The predicted octanol–water partition coefficient (Wildman–Crippen LogP) is 2.16. The van der Waals surface area contributed by atoms with E-state index in [-0.39, 0.29) is 11.4 Å². The zero-order chi connectivity index (χ0) is 15.2. The number of hydrogen-bond donors (Lipinski definition) is 1. The molecule has 0 radical (unpaired) electrons. The summed E-state index contributed by atoms with van der Waals surface area (Å²) in [6.07, 6.45) is 0.584. The Morgan fingerprint density at radius 3 is 2.29 bits per heavy atom. The molecule has 0 unspecified atom stereocenters. The second-order valence-electron chi connectivity index (χ2n) is 4.06. The lowest BCUT2D eigenvalue weighted by atomic mass is 10.2. The van der Waals surface area contributed by atoms with E-state index in [9.17, 15) is 9.59 Å². The van der Waals surface area contributed by atoms with Crippen LogP contribution in [0.15, 0.2) is 36.4 Å². The third-order valence-corrected chi connectivity index (χ3v) is 2.79. The number of ether oxygens (including phenoxy) is 2. The van der Waals surface area contributed by atoms with Crippen LogP contribution in [0.3, 0.4) is 0 Å². The van der Waals surface area contributed by atoms with Crippen LogP contribution in [-0.2, 0) is 0 Å². The molecule has 1 N–H and O–H groups in total. The van der Waals surface area contributed by atoms with E-state index in [4.69, 9.17) is 9.47 Å². The lowest BCUT2D eigenvalue weighted by molar-refractivity contribution is 0.102. The van der Waals surface area contributed by atoms with Crippen LogP contribution in [0.5, 0.6) is 11.5 Å².